The van der Waals surface area contributed by atoms with Crippen molar-refractivity contribution >= 4 is 5.69 Å². The maximum atomic E-state index is 11.2. The van der Waals surface area contributed by atoms with Crippen molar-refractivity contribution in [2.24, 2.45) is 0 Å². The van der Waals surface area contributed by atoms with Crippen molar-refractivity contribution in [3.8, 4) is 11.8 Å². The summed E-state index contributed by atoms with van der Waals surface area (Å²) in [5.41, 5.74) is 1.89. The molecule has 7 nitrogen and oxygen atoms in total. The summed E-state index contributed by atoms with van der Waals surface area (Å²) in [5, 5.41) is 24.4. The van der Waals surface area contributed by atoms with Gasteiger partial charge in [-0.15, -0.1) is 0 Å². The molecule has 2 rings (SSSR count). The summed E-state index contributed by atoms with van der Waals surface area (Å²) < 4.78 is 1.53. The zero-order valence-electron chi connectivity index (χ0n) is 11.2. The van der Waals surface area contributed by atoms with Gasteiger partial charge < -0.3 is 0 Å². The SMILES string of the molecule is CCc1nn(-c2ccnc(C#N)c2)c(CC)c1[N+](=O)[O-]. The highest BCUT2D eigenvalue weighted by Crippen LogP contribution is 2.27. The molecule has 0 N–H and O–H groups in total. The maximum Gasteiger partial charge on any atom is 0.313 e. The van der Waals surface area contributed by atoms with E-state index in [1.165, 1.54) is 10.9 Å². The quantitative estimate of drug-likeness (QED) is 0.627. The number of nitrogens with zero attached hydrogens (tertiary/aromatic N) is 5. The van der Waals surface area contributed by atoms with E-state index in [-0.39, 0.29) is 11.4 Å². The second-order valence-corrected chi connectivity index (χ2v) is 4.13. The summed E-state index contributed by atoms with van der Waals surface area (Å²) in [6, 6.07) is 5.19. The normalized spacial score (nSPS) is 10.2. The molecule has 0 aliphatic rings. The third kappa shape index (κ3) is 2.23. The predicted molar refractivity (Wildman–Crippen MR) is 71.5 cm³/mol. The fourth-order valence-electron chi connectivity index (χ4n) is 2.09. The average molecular weight is 271 g/mol. The first-order chi connectivity index (χ1) is 9.62. The first-order valence-electron chi connectivity index (χ1n) is 6.24. The summed E-state index contributed by atoms with van der Waals surface area (Å²) in [6.45, 7) is 3.67. The molecule has 0 spiro atoms. The fourth-order valence-corrected chi connectivity index (χ4v) is 2.09. The molecular weight excluding hydrogens is 258 g/mol. The summed E-state index contributed by atoms with van der Waals surface area (Å²) in [6.07, 6.45) is 2.45. The van der Waals surface area contributed by atoms with Gasteiger partial charge in [-0.1, -0.05) is 13.8 Å². The minimum Gasteiger partial charge on any atom is -0.258 e. The molecule has 0 atom stereocenters. The Labute approximate surface area is 115 Å². The van der Waals surface area contributed by atoms with E-state index in [1.807, 2.05) is 19.9 Å². The van der Waals surface area contributed by atoms with Crippen LogP contribution in [0.5, 0.6) is 0 Å². The Hall–Kier alpha value is -2.75. The Morgan fingerprint density at radius 1 is 1.45 bits per heavy atom. The summed E-state index contributed by atoms with van der Waals surface area (Å²) >= 11 is 0. The highest BCUT2D eigenvalue weighted by Gasteiger charge is 2.26. The van der Waals surface area contributed by atoms with Crippen molar-refractivity contribution in [1.82, 2.24) is 14.8 Å². The first-order valence-corrected chi connectivity index (χ1v) is 6.24. The molecule has 102 valence electrons. The van der Waals surface area contributed by atoms with E-state index in [2.05, 4.69) is 10.1 Å². The van der Waals surface area contributed by atoms with Crippen LogP contribution in [0.1, 0.15) is 30.9 Å². The molecule has 20 heavy (non-hydrogen) atoms. The van der Waals surface area contributed by atoms with Crippen molar-refractivity contribution < 1.29 is 4.92 Å². The molecule has 0 aliphatic heterocycles. The average Bonchev–Trinajstić information content (AvgIpc) is 2.86. The zero-order chi connectivity index (χ0) is 14.7. The molecule has 0 radical (unpaired) electrons. The molecule has 0 aromatic carbocycles. The van der Waals surface area contributed by atoms with E-state index < -0.39 is 4.92 Å². The second kappa shape index (κ2) is 5.48. The van der Waals surface area contributed by atoms with Crippen LogP contribution in [0.3, 0.4) is 0 Å². The summed E-state index contributed by atoms with van der Waals surface area (Å²) in [5.74, 6) is 0. The van der Waals surface area contributed by atoms with Crippen molar-refractivity contribution in [1.29, 1.82) is 5.26 Å². The lowest BCUT2D eigenvalue weighted by Gasteiger charge is -2.04. The van der Waals surface area contributed by atoms with Crippen LogP contribution in [0.25, 0.3) is 5.69 Å². The summed E-state index contributed by atoms with van der Waals surface area (Å²) in [7, 11) is 0. The molecule has 0 bridgehead atoms. The van der Waals surface area contributed by atoms with Gasteiger partial charge in [-0.25, -0.2) is 9.67 Å². The standard InChI is InChI=1S/C13H13N5O2/c1-3-11-13(18(19)20)12(4-2)17(16-11)10-5-6-15-9(7-10)8-14/h5-7H,3-4H2,1-2H3. The predicted octanol–water partition coefficient (Wildman–Crippen LogP) is 2.17. The zero-order valence-corrected chi connectivity index (χ0v) is 11.2. The van der Waals surface area contributed by atoms with Gasteiger partial charge in [0.25, 0.3) is 0 Å². The largest absolute Gasteiger partial charge is 0.313 e. The number of hydrogen-bond acceptors (Lipinski definition) is 5. The molecule has 2 aromatic rings. The topological polar surface area (TPSA) is 97.6 Å². The lowest BCUT2D eigenvalue weighted by molar-refractivity contribution is -0.386. The number of pyridine rings is 1. The Balaban J connectivity index is 2.68. The van der Waals surface area contributed by atoms with Crippen molar-refractivity contribution in [2.45, 2.75) is 26.7 Å². The Morgan fingerprint density at radius 2 is 2.20 bits per heavy atom. The van der Waals surface area contributed by atoms with E-state index in [4.69, 9.17) is 5.26 Å². The third-order valence-electron chi connectivity index (χ3n) is 2.98. The summed E-state index contributed by atoms with van der Waals surface area (Å²) in [4.78, 5) is 14.7. The van der Waals surface area contributed by atoms with Crippen LogP contribution < -0.4 is 0 Å². The van der Waals surface area contributed by atoms with Gasteiger partial charge >= 0.3 is 5.69 Å². The fraction of sp³-hybridized carbons (Fsp3) is 0.308. The molecule has 0 aliphatic carbocycles. The second-order valence-electron chi connectivity index (χ2n) is 4.13. The molecule has 0 unspecified atom stereocenters. The van der Waals surface area contributed by atoms with Crippen LogP contribution in [-0.4, -0.2) is 19.7 Å². The molecule has 0 saturated heterocycles. The molecule has 0 saturated carbocycles. The van der Waals surface area contributed by atoms with Gasteiger partial charge in [-0.3, -0.25) is 10.1 Å². The molecule has 2 heterocycles. The number of nitro groups is 1. The van der Waals surface area contributed by atoms with Crippen LogP contribution in [0.4, 0.5) is 5.69 Å². The monoisotopic (exact) mass is 271 g/mol. The molecule has 0 amide bonds. The van der Waals surface area contributed by atoms with E-state index in [0.717, 1.165) is 0 Å². The van der Waals surface area contributed by atoms with Crippen LogP contribution >= 0.6 is 0 Å². The molecule has 7 heteroatoms. The molecular formula is C13H13N5O2. The Morgan fingerprint density at radius 3 is 2.75 bits per heavy atom. The van der Waals surface area contributed by atoms with E-state index in [1.54, 1.807) is 12.1 Å². The van der Waals surface area contributed by atoms with Gasteiger partial charge in [0.05, 0.1) is 10.6 Å². The third-order valence-corrected chi connectivity index (χ3v) is 2.98. The number of rotatable bonds is 4. The van der Waals surface area contributed by atoms with Crippen molar-refractivity contribution in [3.05, 3.63) is 45.5 Å². The van der Waals surface area contributed by atoms with Crippen LogP contribution in [0, 0.1) is 21.4 Å². The van der Waals surface area contributed by atoms with Crippen LogP contribution in [0.2, 0.25) is 0 Å². The smallest absolute Gasteiger partial charge is 0.258 e. The highest BCUT2D eigenvalue weighted by molar-refractivity contribution is 5.47. The van der Waals surface area contributed by atoms with E-state index in [0.29, 0.717) is 29.9 Å². The maximum absolute atomic E-state index is 11.2. The van der Waals surface area contributed by atoms with Crippen molar-refractivity contribution in [3.63, 3.8) is 0 Å². The van der Waals surface area contributed by atoms with Gasteiger partial charge in [0.1, 0.15) is 23.2 Å². The number of aromatic nitrogens is 3. The van der Waals surface area contributed by atoms with Crippen LogP contribution in [-0.2, 0) is 12.8 Å². The molecule has 2 aromatic heterocycles. The van der Waals surface area contributed by atoms with Gasteiger partial charge in [0, 0.05) is 12.3 Å². The minimum atomic E-state index is -0.395. The number of aryl methyl sites for hydroxylation is 1. The highest BCUT2D eigenvalue weighted by atomic mass is 16.6. The Kier molecular flexibility index (Phi) is 3.75. The van der Waals surface area contributed by atoms with Gasteiger partial charge in [-0.05, 0) is 18.9 Å². The van der Waals surface area contributed by atoms with Crippen LogP contribution in [0.15, 0.2) is 18.3 Å². The first kappa shape index (κ1) is 13.7. The van der Waals surface area contributed by atoms with E-state index >= 15 is 0 Å². The molecule has 0 fully saturated rings. The van der Waals surface area contributed by atoms with Crippen molar-refractivity contribution in [2.75, 3.05) is 0 Å². The lowest BCUT2D eigenvalue weighted by Crippen LogP contribution is -2.03. The minimum absolute atomic E-state index is 0.0605. The van der Waals surface area contributed by atoms with E-state index in [9.17, 15) is 10.1 Å². The number of nitriles is 1. The Bertz CT molecular complexity index is 699. The van der Waals surface area contributed by atoms with Gasteiger partial charge in [0.15, 0.2) is 0 Å². The lowest BCUT2D eigenvalue weighted by atomic mass is 10.2. The van der Waals surface area contributed by atoms with Gasteiger partial charge in [-0.2, -0.15) is 10.4 Å². The number of hydrogen-bond donors (Lipinski definition) is 0. The van der Waals surface area contributed by atoms with Gasteiger partial charge in [0.2, 0.25) is 0 Å².